The molecule has 0 aromatic heterocycles. The van der Waals surface area contributed by atoms with Crippen LogP contribution in [0.15, 0.2) is 48.5 Å². The quantitative estimate of drug-likeness (QED) is 0.856. The zero-order valence-corrected chi connectivity index (χ0v) is 15.0. The second-order valence-corrected chi connectivity index (χ2v) is 5.98. The third-order valence-corrected chi connectivity index (χ3v) is 4.29. The molecule has 5 nitrogen and oxygen atoms in total. The molecule has 1 aliphatic rings. The third kappa shape index (κ3) is 4.20. The lowest BCUT2D eigenvalue weighted by Crippen LogP contribution is -2.52. The molecular formula is C19H21ClFN3O2. The van der Waals surface area contributed by atoms with Gasteiger partial charge in [0, 0.05) is 18.7 Å². The molecule has 3 N–H and O–H groups in total. The number of piperazine rings is 1. The van der Waals surface area contributed by atoms with Crippen LogP contribution in [0.5, 0.6) is 0 Å². The van der Waals surface area contributed by atoms with Gasteiger partial charge in [-0.05, 0) is 48.4 Å². The summed E-state index contributed by atoms with van der Waals surface area (Å²) in [5, 5.41) is 2.77. The number of hydrogen-bond donors (Lipinski definition) is 2. The van der Waals surface area contributed by atoms with Crippen LogP contribution in [0, 0.1) is 5.82 Å². The summed E-state index contributed by atoms with van der Waals surface area (Å²) in [6.45, 7) is 1.34. The van der Waals surface area contributed by atoms with Gasteiger partial charge in [0.1, 0.15) is 11.9 Å². The standard InChI is InChI=1S/C19H20FN3O2.ClH/c20-16-7-5-14(6-8-16)17-18(24)22-11-12-23(17)19(25)15-3-1-13(2-4-15)9-10-21;/h1-8,17H,9-12,21H2,(H,22,24);1H. The fourth-order valence-corrected chi connectivity index (χ4v) is 3.01. The minimum atomic E-state index is -0.759. The van der Waals surface area contributed by atoms with Crippen molar-refractivity contribution in [1.82, 2.24) is 10.2 Å². The number of halogens is 2. The molecule has 2 aromatic rings. The van der Waals surface area contributed by atoms with Crippen molar-refractivity contribution < 1.29 is 14.0 Å². The van der Waals surface area contributed by atoms with Crippen molar-refractivity contribution in [3.05, 3.63) is 71.0 Å². The highest BCUT2D eigenvalue weighted by atomic mass is 35.5. The SMILES string of the molecule is Cl.NCCc1ccc(C(=O)N2CCNC(=O)C2c2ccc(F)cc2)cc1. The zero-order valence-electron chi connectivity index (χ0n) is 14.2. The number of carbonyl (C=O) groups excluding carboxylic acids is 2. The van der Waals surface area contributed by atoms with Crippen LogP contribution in [0.2, 0.25) is 0 Å². The van der Waals surface area contributed by atoms with E-state index < -0.39 is 6.04 Å². The Morgan fingerprint density at radius 3 is 2.42 bits per heavy atom. The number of hydrogen-bond acceptors (Lipinski definition) is 3. The Kier molecular flexibility index (Phi) is 6.71. The summed E-state index contributed by atoms with van der Waals surface area (Å²) in [5.74, 6) is -0.859. The number of benzene rings is 2. The predicted octanol–water partition coefficient (Wildman–Crippen LogP) is 2.06. The number of nitrogens with zero attached hydrogens (tertiary/aromatic N) is 1. The maximum absolute atomic E-state index is 13.2. The highest BCUT2D eigenvalue weighted by Crippen LogP contribution is 2.25. The highest BCUT2D eigenvalue weighted by molar-refractivity contribution is 5.98. The molecule has 26 heavy (non-hydrogen) atoms. The average Bonchev–Trinajstić information content (AvgIpc) is 2.63. The summed E-state index contributed by atoms with van der Waals surface area (Å²) in [5.41, 5.74) is 7.70. The van der Waals surface area contributed by atoms with Crippen LogP contribution >= 0.6 is 12.4 Å². The van der Waals surface area contributed by atoms with Gasteiger partial charge < -0.3 is 16.0 Å². The van der Waals surface area contributed by atoms with E-state index in [0.717, 1.165) is 12.0 Å². The Balaban J connectivity index is 0.00000243. The van der Waals surface area contributed by atoms with E-state index in [1.165, 1.54) is 29.2 Å². The van der Waals surface area contributed by atoms with E-state index in [9.17, 15) is 14.0 Å². The molecule has 7 heteroatoms. The van der Waals surface area contributed by atoms with Crippen molar-refractivity contribution in [2.45, 2.75) is 12.5 Å². The molecule has 3 rings (SSSR count). The monoisotopic (exact) mass is 377 g/mol. The number of nitrogens with two attached hydrogens (primary N) is 1. The first-order valence-corrected chi connectivity index (χ1v) is 8.23. The molecule has 2 aromatic carbocycles. The number of rotatable bonds is 4. The Morgan fingerprint density at radius 2 is 1.81 bits per heavy atom. The van der Waals surface area contributed by atoms with Gasteiger partial charge in [-0.2, -0.15) is 0 Å². The summed E-state index contributed by atoms with van der Waals surface area (Å²) in [4.78, 5) is 26.8. The minimum absolute atomic E-state index is 0. The first kappa shape index (κ1) is 19.9. The largest absolute Gasteiger partial charge is 0.352 e. The fourth-order valence-electron chi connectivity index (χ4n) is 3.01. The second kappa shape index (κ2) is 8.78. The highest BCUT2D eigenvalue weighted by Gasteiger charge is 2.34. The molecular weight excluding hydrogens is 357 g/mol. The van der Waals surface area contributed by atoms with Crippen molar-refractivity contribution in [3.8, 4) is 0 Å². The van der Waals surface area contributed by atoms with Crippen molar-refractivity contribution in [3.63, 3.8) is 0 Å². The number of nitrogens with one attached hydrogen (secondary N) is 1. The van der Waals surface area contributed by atoms with Gasteiger partial charge in [-0.25, -0.2) is 4.39 Å². The van der Waals surface area contributed by atoms with Gasteiger partial charge in [-0.15, -0.1) is 12.4 Å². The molecule has 0 radical (unpaired) electrons. The number of amides is 2. The van der Waals surface area contributed by atoms with Gasteiger partial charge in [0.2, 0.25) is 5.91 Å². The molecule has 138 valence electrons. The third-order valence-electron chi connectivity index (χ3n) is 4.29. The molecule has 0 bridgehead atoms. The van der Waals surface area contributed by atoms with Crippen molar-refractivity contribution in [2.24, 2.45) is 5.73 Å². The normalized spacial score (nSPS) is 16.6. The average molecular weight is 378 g/mol. The summed E-state index contributed by atoms with van der Waals surface area (Å²) < 4.78 is 13.2. The molecule has 1 unspecified atom stereocenters. The summed E-state index contributed by atoms with van der Waals surface area (Å²) in [6.07, 6.45) is 0.749. The van der Waals surface area contributed by atoms with Crippen molar-refractivity contribution in [1.29, 1.82) is 0 Å². The summed E-state index contributed by atoms with van der Waals surface area (Å²) >= 11 is 0. The van der Waals surface area contributed by atoms with Crippen molar-refractivity contribution in [2.75, 3.05) is 19.6 Å². The lowest BCUT2D eigenvalue weighted by atomic mass is 10.0. The van der Waals surface area contributed by atoms with Gasteiger partial charge in [0.15, 0.2) is 0 Å². The van der Waals surface area contributed by atoms with Gasteiger partial charge in [-0.3, -0.25) is 9.59 Å². The molecule has 1 heterocycles. The van der Waals surface area contributed by atoms with E-state index in [2.05, 4.69) is 5.32 Å². The van der Waals surface area contributed by atoms with Crippen LogP contribution in [0.1, 0.15) is 27.5 Å². The van der Waals surface area contributed by atoms with Crippen LogP contribution in [-0.4, -0.2) is 36.3 Å². The molecule has 1 atom stereocenters. The predicted molar refractivity (Wildman–Crippen MR) is 99.6 cm³/mol. The molecule has 0 spiro atoms. The first-order chi connectivity index (χ1) is 12.1. The van der Waals surface area contributed by atoms with Gasteiger partial charge in [0.05, 0.1) is 0 Å². The maximum Gasteiger partial charge on any atom is 0.254 e. The fraction of sp³-hybridized carbons (Fsp3) is 0.263. The minimum Gasteiger partial charge on any atom is -0.352 e. The van der Waals surface area contributed by atoms with Gasteiger partial charge in [0.25, 0.3) is 5.91 Å². The van der Waals surface area contributed by atoms with Crippen LogP contribution in [-0.2, 0) is 11.2 Å². The second-order valence-electron chi connectivity index (χ2n) is 5.98. The molecule has 0 saturated carbocycles. The zero-order chi connectivity index (χ0) is 17.8. The van der Waals surface area contributed by atoms with E-state index in [0.29, 0.717) is 30.8 Å². The Bertz CT molecular complexity index is 765. The molecule has 2 amide bonds. The van der Waals surface area contributed by atoms with E-state index in [1.807, 2.05) is 12.1 Å². The summed E-state index contributed by atoms with van der Waals surface area (Å²) in [6, 6.07) is 12.1. The first-order valence-electron chi connectivity index (χ1n) is 8.23. The van der Waals surface area contributed by atoms with E-state index in [1.54, 1.807) is 12.1 Å². The lowest BCUT2D eigenvalue weighted by molar-refractivity contribution is -0.128. The van der Waals surface area contributed by atoms with Crippen LogP contribution < -0.4 is 11.1 Å². The topological polar surface area (TPSA) is 75.4 Å². The summed E-state index contributed by atoms with van der Waals surface area (Å²) in [7, 11) is 0. The maximum atomic E-state index is 13.2. The molecule has 1 aliphatic heterocycles. The lowest BCUT2D eigenvalue weighted by Gasteiger charge is -2.35. The van der Waals surface area contributed by atoms with Crippen LogP contribution in [0.4, 0.5) is 4.39 Å². The number of carbonyl (C=O) groups is 2. The molecule has 0 aliphatic carbocycles. The molecule has 1 saturated heterocycles. The Labute approximate surface area is 157 Å². The van der Waals surface area contributed by atoms with E-state index in [-0.39, 0.29) is 30.0 Å². The Hall–Kier alpha value is -2.44. The Morgan fingerprint density at radius 1 is 1.15 bits per heavy atom. The smallest absolute Gasteiger partial charge is 0.254 e. The van der Waals surface area contributed by atoms with Gasteiger partial charge >= 0.3 is 0 Å². The van der Waals surface area contributed by atoms with Gasteiger partial charge in [-0.1, -0.05) is 24.3 Å². The van der Waals surface area contributed by atoms with E-state index in [4.69, 9.17) is 5.73 Å². The van der Waals surface area contributed by atoms with Crippen molar-refractivity contribution >= 4 is 24.2 Å². The van der Waals surface area contributed by atoms with Crippen LogP contribution in [0.25, 0.3) is 0 Å². The molecule has 1 fully saturated rings. The van der Waals surface area contributed by atoms with E-state index >= 15 is 0 Å². The van der Waals surface area contributed by atoms with Crippen LogP contribution in [0.3, 0.4) is 0 Å².